The molecule has 0 saturated carbocycles. The summed E-state index contributed by atoms with van der Waals surface area (Å²) >= 11 is 5.88. The zero-order valence-corrected chi connectivity index (χ0v) is 15.1. The second-order valence-electron chi connectivity index (χ2n) is 5.57. The van der Waals surface area contributed by atoms with Gasteiger partial charge in [-0.25, -0.2) is 22.5 Å². The summed E-state index contributed by atoms with van der Waals surface area (Å²) in [6, 6.07) is 8.75. The summed E-state index contributed by atoms with van der Waals surface area (Å²) in [4.78, 5) is 2.92. The van der Waals surface area contributed by atoms with Crippen molar-refractivity contribution in [3.63, 3.8) is 0 Å². The van der Waals surface area contributed by atoms with Crippen molar-refractivity contribution in [3.05, 3.63) is 59.1 Å². The van der Waals surface area contributed by atoms with Crippen LogP contribution < -0.4 is 0 Å². The van der Waals surface area contributed by atoms with Gasteiger partial charge in [0, 0.05) is 22.9 Å². The third-order valence-electron chi connectivity index (χ3n) is 3.50. The summed E-state index contributed by atoms with van der Waals surface area (Å²) in [5, 5.41) is 3.67. The van der Waals surface area contributed by atoms with E-state index in [4.69, 9.17) is 11.6 Å². The van der Waals surface area contributed by atoms with E-state index in [0.29, 0.717) is 0 Å². The van der Waals surface area contributed by atoms with E-state index < -0.39 is 32.6 Å². The predicted octanol–water partition coefficient (Wildman–Crippen LogP) is 4.15. The molecule has 3 aromatic rings. The molecule has 0 unspecified atom stereocenters. The molecule has 27 heavy (non-hydrogen) atoms. The van der Waals surface area contributed by atoms with Crippen molar-refractivity contribution < 1.29 is 26.0 Å². The number of sulfone groups is 1. The van der Waals surface area contributed by atoms with Crippen LogP contribution in [0.25, 0.3) is 17.1 Å². The van der Waals surface area contributed by atoms with Gasteiger partial charge in [0.1, 0.15) is 10.7 Å². The van der Waals surface area contributed by atoms with Crippen LogP contribution in [0.4, 0.5) is 17.6 Å². The number of alkyl halides is 3. The topological polar surface area (TPSA) is 64.8 Å². The fourth-order valence-corrected chi connectivity index (χ4v) is 3.27. The molecule has 1 heterocycles. The van der Waals surface area contributed by atoms with Gasteiger partial charge in [0.15, 0.2) is 15.7 Å². The number of halogens is 5. The Hall–Kier alpha value is -2.46. The molecule has 2 aromatic carbocycles. The summed E-state index contributed by atoms with van der Waals surface area (Å²) < 4.78 is 77.2. The van der Waals surface area contributed by atoms with Crippen LogP contribution in [0.5, 0.6) is 0 Å². The molecular formula is C16H10ClF4N3O2S. The van der Waals surface area contributed by atoms with E-state index in [2.05, 4.69) is 10.1 Å². The molecule has 0 radical (unpaired) electrons. The third-order valence-corrected chi connectivity index (χ3v) is 4.87. The van der Waals surface area contributed by atoms with Gasteiger partial charge in [0.2, 0.25) is 0 Å². The van der Waals surface area contributed by atoms with Crippen molar-refractivity contribution >= 4 is 21.4 Å². The molecule has 0 N–H and O–H groups in total. The van der Waals surface area contributed by atoms with E-state index in [0.717, 1.165) is 29.1 Å². The van der Waals surface area contributed by atoms with Gasteiger partial charge < -0.3 is 0 Å². The maximum absolute atomic E-state index is 14.2. The Kier molecular flexibility index (Phi) is 4.73. The zero-order chi connectivity index (χ0) is 20.0. The third kappa shape index (κ3) is 3.96. The van der Waals surface area contributed by atoms with Gasteiger partial charge in [-0.2, -0.15) is 13.2 Å². The lowest BCUT2D eigenvalue weighted by Crippen LogP contribution is -2.09. The number of rotatable bonds is 3. The number of hydrogen-bond acceptors (Lipinski definition) is 4. The molecule has 0 aliphatic carbocycles. The molecule has 0 spiro atoms. The van der Waals surface area contributed by atoms with E-state index in [-0.39, 0.29) is 22.1 Å². The number of aromatic nitrogens is 3. The van der Waals surface area contributed by atoms with E-state index in [1.54, 1.807) is 0 Å². The monoisotopic (exact) mass is 419 g/mol. The van der Waals surface area contributed by atoms with Gasteiger partial charge in [-0.3, -0.25) is 0 Å². The molecule has 11 heteroatoms. The smallest absolute Gasteiger partial charge is 0.224 e. The molecule has 0 atom stereocenters. The molecule has 0 aliphatic heterocycles. The minimum absolute atomic E-state index is 0.127. The fraction of sp³-hybridized carbons (Fsp3) is 0.125. The van der Waals surface area contributed by atoms with Crippen LogP contribution in [0.3, 0.4) is 0 Å². The van der Waals surface area contributed by atoms with Gasteiger partial charge in [-0.15, -0.1) is 5.10 Å². The van der Waals surface area contributed by atoms with Crippen molar-refractivity contribution in [2.75, 3.05) is 6.26 Å². The second kappa shape index (κ2) is 6.61. The van der Waals surface area contributed by atoms with Crippen molar-refractivity contribution in [2.45, 2.75) is 11.1 Å². The molecule has 1 aromatic heterocycles. The first-order valence-corrected chi connectivity index (χ1v) is 9.54. The molecule has 3 rings (SSSR count). The van der Waals surface area contributed by atoms with Crippen LogP contribution >= 0.6 is 11.6 Å². The average molecular weight is 420 g/mol. The quantitative estimate of drug-likeness (QED) is 0.598. The Morgan fingerprint density at radius 2 is 1.81 bits per heavy atom. The van der Waals surface area contributed by atoms with E-state index in [1.165, 1.54) is 24.3 Å². The first kappa shape index (κ1) is 19.3. The number of nitrogens with zero attached hydrogens (tertiary/aromatic N) is 3. The van der Waals surface area contributed by atoms with Crippen molar-refractivity contribution in [1.82, 2.24) is 14.8 Å². The van der Waals surface area contributed by atoms with Gasteiger partial charge in [-0.05, 0) is 24.3 Å². The van der Waals surface area contributed by atoms with Crippen LogP contribution in [0, 0.1) is 5.82 Å². The van der Waals surface area contributed by atoms with Crippen LogP contribution in [-0.4, -0.2) is 29.4 Å². The molecule has 5 nitrogen and oxygen atoms in total. The summed E-state index contributed by atoms with van der Waals surface area (Å²) in [6.07, 6.45) is -4.01. The van der Waals surface area contributed by atoms with Crippen LogP contribution in [0.15, 0.2) is 47.4 Å². The van der Waals surface area contributed by atoms with Gasteiger partial charge in [-0.1, -0.05) is 23.7 Å². The molecular weight excluding hydrogens is 410 g/mol. The molecule has 0 aliphatic rings. The van der Waals surface area contributed by atoms with Crippen molar-refractivity contribution in [1.29, 1.82) is 0 Å². The van der Waals surface area contributed by atoms with Gasteiger partial charge >= 0.3 is 6.18 Å². The Balaban J connectivity index is 2.23. The zero-order valence-electron chi connectivity index (χ0n) is 13.5. The predicted molar refractivity (Wildman–Crippen MR) is 89.9 cm³/mol. The highest BCUT2D eigenvalue weighted by molar-refractivity contribution is 7.90. The average Bonchev–Trinajstić information content (AvgIpc) is 2.99. The summed E-state index contributed by atoms with van der Waals surface area (Å²) in [7, 11) is -3.84. The second-order valence-corrected chi connectivity index (χ2v) is 7.99. The lowest BCUT2D eigenvalue weighted by molar-refractivity contribution is -0.144. The Morgan fingerprint density at radius 3 is 2.37 bits per heavy atom. The summed E-state index contributed by atoms with van der Waals surface area (Å²) in [6.45, 7) is 0. The van der Waals surface area contributed by atoms with Crippen LogP contribution in [0.2, 0.25) is 5.02 Å². The SMILES string of the molecule is CS(=O)(=O)c1ccc(-n2nc(C(F)(F)F)nc2-c2cccc(Cl)c2)cc1F. The van der Waals surface area contributed by atoms with E-state index in [9.17, 15) is 26.0 Å². The highest BCUT2D eigenvalue weighted by atomic mass is 35.5. The normalized spacial score (nSPS) is 12.4. The molecule has 0 fully saturated rings. The number of benzene rings is 2. The van der Waals surface area contributed by atoms with Crippen LogP contribution in [-0.2, 0) is 16.0 Å². The minimum atomic E-state index is -4.83. The van der Waals surface area contributed by atoms with Crippen molar-refractivity contribution in [2.24, 2.45) is 0 Å². The highest BCUT2D eigenvalue weighted by Crippen LogP contribution is 2.31. The minimum Gasteiger partial charge on any atom is -0.224 e. The van der Waals surface area contributed by atoms with Crippen molar-refractivity contribution in [3.8, 4) is 17.1 Å². The van der Waals surface area contributed by atoms with Gasteiger partial charge in [0.05, 0.1) is 5.69 Å². The van der Waals surface area contributed by atoms with E-state index in [1.807, 2.05) is 0 Å². The molecule has 0 amide bonds. The lowest BCUT2D eigenvalue weighted by atomic mass is 10.2. The molecule has 0 bridgehead atoms. The highest BCUT2D eigenvalue weighted by Gasteiger charge is 2.37. The first-order valence-electron chi connectivity index (χ1n) is 7.27. The maximum atomic E-state index is 14.2. The van der Waals surface area contributed by atoms with Crippen LogP contribution in [0.1, 0.15) is 5.82 Å². The number of hydrogen-bond donors (Lipinski definition) is 0. The fourth-order valence-electron chi connectivity index (χ4n) is 2.35. The first-order chi connectivity index (χ1) is 12.5. The molecule has 0 saturated heterocycles. The molecule has 142 valence electrons. The maximum Gasteiger partial charge on any atom is 0.453 e. The largest absolute Gasteiger partial charge is 0.453 e. The Labute approximate surface area is 156 Å². The summed E-state index contributed by atoms with van der Waals surface area (Å²) in [5.41, 5.74) is 0.0935. The Bertz CT molecular complexity index is 1130. The lowest BCUT2D eigenvalue weighted by Gasteiger charge is -2.08. The van der Waals surface area contributed by atoms with E-state index >= 15 is 0 Å². The standard InChI is InChI=1S/C16H10ClF4N3O2S/c1-27(25,26)13-6-5-11(8-12(13)18)24-14(9-3-2-4-10(17)7-9)22-15(23-24)16(19,20)21/h2-8H,1H3. The van der Waals surface area contributed by atoms with Gasteiger partial charge in [0.25, 0.3) is 5.82 Å². The Morgan fingerprint density at radius 1 is 1.11 bits per heavy atom. The summed E-state index contributed by atoms with van der Waals surface area (Å²) in [5.74, 6) is -2.77.